The number of piperazine rings is 1. The number of benzene rings is 2. The highest BCUT2D eigenvalue weighted by molar-refractivity contribution is 7.89. The molecular formula is C29H34F4N4O5S. The summed E-state index contributed by atoms with van der Waals surface area (Å²) in [6.45, 7) is 0.734. The Labute approximate surface area is 247 Å². The molecule has 234 valence electrons. The first-order valence-corrected chi connectivity index (χ1v) is 15.9. The molecule has 2 amide bonds. The number of rotatable bonds is 9. The zero-order chi connectivity index (χ0) is 30.9. The Morgan fingerprint density at radius 1 is 1.12 bits per heavy atom. The van der Waals surface area contributed by atoms with Gasteiger partial charge in [0.25, 0.3) is 0 Å². The summed E-state index contributed by atoms with van der Waals surface area (Å²) in [5, 5.41) is 17.6. The molecule has 4 N–H and O–H groups in total. The third-order valence-corrected chi connectivity index (χ3v) is 10.6. The molecule has 14 heteroatoms. The van der Waals surface area contributed by atoms with E-state index in [1.54, 1.807) is 0 Å². The lowest BCUT2D eigenvalue weighted by Crippen LogP contribution is -2.57. The van der Waals surface area contributed by atoms with Gasteiger partial charge in [-0.3, -0.25) is 4.79 Å². The van der Waals surface area contributed by atoms with E-state index in [0.29, 0.717) is 25.1 Å². The minimum Gasteiger partial charge on any atom is -0.465 e. The topological polar surface area (TPSA) is 128 Å². The van der Waals surface area contributed by atoms with Crippen LogP contribution in [0, 0.1) is 17.6 Å². The summed E-state index contributed by atoms with van der Waals surface area (Å²) in [6, 6.07) is 6.95. The zero-order valence-corrected chi connectivity index (χ0v) is 24.1. The lowest BCUT2D eigenvalue weighted by molar-refractivity contribution is -0.130. The van der Waals surface area contributed by atoms with Gasteiger partial charge < -0.3 is 21.1 Å². The lowest BCUT2D eigenvalue weighted by atomic mass is 9.67. The number of carbonyl (C=O) groups excluding carboxylic acids is 1. The van der Waals surface area contributed by atoms with Crippen LogP contribution >= 0.6 is 0 Å². The molecule has 2 heterocycles. The van der Waals surface area contributed by atoms with Crippen molar-refractivity contribution in [2.45, 2.75) is 68.5 Å². The number of hydrogen-bond acceptors (Lipinski definition) is 5. The van der Waals surface area contributed by atoms with Crippen LogP contribution in [0.4, 0.5) is 28.0 Å². The highest BCUT2D eigenvalue weighted by Crippen LogP contribution is 2.50. The summed E-state index contributed by atoms with van der Waals surface area (Å²) < 4.78 is 83.8. The zero-order valence-electron chi connectivity index (χ0n) is 23.2. The van der Waals surface area contributed by atoms with Gasteiger partial charge in [0.2, 0.25) is 21.9 Å². The van der Waals surface area contributed by atoms with Crippen LogP contribution in [0.1, 0.15) is 49.1 Å². The third-order valence-electron chi connectivity index (χ3n) is 8.67. The first-order valence-electron chi connectivity index (χ1n) is 14.3. The molecule has 0 radical (unpaired) electrons. The first kappa shape index (κ1) is 31.2. The van der Waals surface area contributed by atoms with Crippen molar-refractivity contribution in [3.05, 3.63) is 65.2 Å². The average Bonchev–Trinajstić information content (AvgIpc) is 3.03. The first-order chi connectivity index (χ1) is 20.3. The number of carboxylic acid groups (broad SMARTS) is 1. The van der Waals surface area contributed by atoms with Gasteiger partial charge in [-0.25, -0.2) is 30.8 Å². The predicted octanol–water partition coefficient (Wildman–Crippen LogP) is 4.07. The SMILES string of the molecule is O=C(O)N[C@H](C(=O)Nc1cccc(F)c1CCC1CNC2CCCS(=O)(=O)N1C2)[C@H](c1ccc(F)cc1)C1CC(F)(F)C1. The Kier molecular flexibility index (Phi) is 9.00. The molecule has 3 aliphatic rings. The highest BCUT2D eigenvalue weighted by atomic mass is 32.2. The summed E-state index contributed by atoms with van der Waals surface area (Å²) in [5.41, 5.74) is 0.462. The fourth-order valence-corrected chi connectivity index (χ4v) is 8.34. The molecule has 2 aromatic carbocycles. The van der Waals surface area contributed by atoms with E-state index >= 15 is 4.39 Å². The molecule has 3 fully saturated rings. The molecule has 5 rings (SSSR count). The van der Waals surface area contributed by atoms with E-state index in [2.05, 4.69) is 16.0 Å². The largest absolute Gasteiger partial charge is 0.465 e. The number of amides is 2. The van der Waals surface area contributed by atoms with Gasteiger partial charge in [-0.05, 0) is 61.4 Å². The van der Waals surface area contributed by atoms with Gasteiger partial charge in [-0.1, -0.05) is 18.2 Å². The van der Waals surface area contributed by atoms with E-state index in [4.69, 9.17) is 0 Å². The molecule has 5 atom stereocenters. The third kappa shape index (κ3) is 7.13. The van der Waals surface area contributed by atoms with Crippen molar-refractivity contribution >= 4 is 27.7 Å². The number of alkyl halides is 2. The van der Waals surface area contributed by atoms with E-state index < -0.39 is 76.3 Å². The number of fused-ring (bicyclic) bond motifs is 2. The molecule has 0 spiro atoms. The number of halogens is 4. The summed E-state index contributed by atoms with van der Waals surface area (Å²) in [7, 11) is -3.47. The molecular weight excluding hydrogens is 592 g/mol. The summed E-state index contributed by atoms with van der Waals surface area (Å²) in [4.78, 5) is 25.4. The van der Waals surface area contributed by atoms with Gasteiger partial charge in [0.05, 0.1) is 5.75 Å². The van der Waals surface area contributed by atoms with Crippen molar-refractivity contribution < 1.29 is 40.7 Å². The molecule has 2 bridgehead atoms. The second-order valence-electron chi connectivity index (χ2n) is 11.6. The number of anilines is 1. The summed E-state index contributed by atoms with van der Waals surface area (Å²) in [5.74, 6) is -6.89. The van der Waals surface area contributed by atoms with E-state index in [1.807, 2.05) is 0 Å². The molecule has 1 saturated carbocycles. The van der Waals surface area contributed by atoms with Crippen molar-refractivity contribution in [3.63, 3.8) is 0 Å². The minimum atomic E-state index is -3.47. The van der Waals surface area contributed by atoms with E-state index in [0.717, 1.165) is 18.6 Å². The Balaban J connectivity index is 1.38. The number of carbonyl (C=O) groups is 2. The van der Waals surface area contributed by atoms with E-state index in [-0.39, 0.29) is 35.9 Å². The van der Waals surface area contributed by atoms with Crippen molar-refractivity contribution in [1.82, 2.24) is 14.9 Å². The van der Waals surface area contributed by atoms with Crippen LogP contribution in [-0.4, -0.2) is 72.7 Å². The van der Waals surface area contributed by atoms with Gasteiger partial charge in [-0.15, -0.1) is 0 Å². The maximum absolute atomic E-state index is 15.1. The van der Waals surface area contributed by atoms with Crippen molar-refractivity contribution in [2.24, 2.45) is 5.92 Å². The highest BCUT2D eigenvalue weighted by Gasteiger charge is 2.52. The molecule has 2 aromatic rings. The Bertz CT molecular complexity index is 1450. The minimum absolute atomic E-state index is 0.0444. The molecule has 3 unspecified atom stereocenters. The van der Waals surface area contributed by atoms with Crippen molar-refractivity contribution in [1.29, 1.82) is 0 Å². The maximum atomic E-state index is 15.1. The molecule has 43 heavy (non-hydrogen) atoms. The maximum Gasteiger partial charge on any atom is 0.405 e. The quantitative estimate of drug-likeness (QED) is 0.311. The van der Waals surface area contributed by atoms with Crippen LogP contribution in [-0.2, 0) is 21.2 Å². The van der Waals surface area contributed by atoms with Crippen LogP contribution in [0.3, 0.4) is 0 Å². The smallest absolute Gasteiger partial charge is 0.405 e. The number of sulfonamides is 1. The van der Waals surface area contributed by atoms with Crippen molar-refractivity contribution in [2.75, 3.05) is 24.2 Å². The predicted molar refractivity (Wildman–Crippen MR) is 150 cm³/mol. The van der Waals surface area contributed by atoms with E-state index in [9.17, 15) is 36.3 Å². The Morgan fingerprint density at radius 3 is 2.51 bits per heavy atom. The fourth-order valence-electron chi connectivity index (χ4n) is 6.53. The number of hydrogen-bond donors (Lipinski definition) is 4. The monoisotopic (exact) mass is 626 g/mol. The van der Waals surface area contributed by atoms with Crippen LogP contribution in [0.5, 0.6) is 0 Å². The van der Waals surface area contributed by atoms with Gasteiger partial charge in [-0.2, -0.15) is 4.31 Å². The second kappa shape index (κ2) is 12.4. The number of nitrogens with zero attached hydrogens (tertiary/aromatic N) is 1. The van der Waals surface area contributed by atoms with Gasteiger partial charge in [0, 0.05) is 55.2 Å². The Morgan fingerprint density at radius 2 is 1.84 bits per heavy atom. The molecule has 2 aliphatic heterocycles. The van der Waals surface area contributed by atoms with Gasteiger partial charge in [0.15, 0.2) is 0 Å². The van der Waals surface area contributed by atoms with Gasteiger partial charge in [0.1, 0.15) is 17.7 Å². The van der Waals surface area contributed by atoms with Crippen molar-refractivity contribution in [3.8, 4) is 0 Å². The molecule has 1 aliphatic carbocycles. The lowest BCUT2D eigenvalue weighted by Gasteiger charge is -2.42. The fraction of sp³-hybridized carbons (Fsp3) is 0.517. The number of nitrogens with one attached hydrogen (secondary N) is 3. The van der Waals surface area contributed by atoms with E-state index in [1.165, 1.54) is 34.6 Å². The second-order valence-corrected chi connectivity index (χ2v) is 13.7. The van der Waals surface area contributed by atoms with Crippen LogP contribution < -0.4 is 16.0 Å². The standard InChI is InChI=1S/C29H34F4N4O5S/c30-19-8-6-17(7-9-19)25(18-13-29(32,33)14-18)26(36-28(39)40)27(38)35-24-5-1-4-23(31)22(24)11-10-21-15-34-20-3-2-12-43(41,42)37(21)16-20/h1,4-9,18,20-21,25-26,34,36H,2-3,10-16H2,(H,35,38)(H,39,40)/t20?,21?,25-,26+/m1/s1. The molecule has 9 nitrogen and oxygen atoms in total. The van der Waals surface area contributed by atoms with Crippen LogP contribution in [0.15, 0.2) is 42.5 Å². The average molecular weight is 627 g/mol. The van der Waals surface area contributed by atoms with Gasteiger partial charge >= 0.3 is 6.09 Å². The summed E-state index contributed by atoms with van der Waals surface area (Å²) >= 11 is 0. The Hall–Kier alpha value is -3.23. The summed E-state index contributed by atoms with van der Waals surface area (Å²) in [6.07, 6.45) is -1.11. The normalized spacial score (nSPS) is 25.9. The molecule has 2 saturated heterocycles. The van der Waals surface area contributed by atoms with Crippen LogP contribution in [0.2, 0.25) is 0 Å². The van der Waals surface area contributed by atoms with Crippen LogP contribution in [0.25, 0.3) is 0 Å². The molecule has 0 aromatic heterocycles.